The first kappa shape index (κ1) is 11.1. The number of imidazole rings is 1. The molecule has 0 N–H and O–H groups in total. The van der Waals surface area contributed by atoms with Crippen LogP contribution >= 0.6 is 0 Å². The molecule has 0 atom stereocenters. The lowest BCUT2D eigenvalue weighted by Gasteiger charge is -2.06. The Morgan fingerprint density at radius 2 is 2.06 bits per heavy atom. The standard InChI is InChI=1S/C15H16N2O/c1-2-3-10-17-13-8-5-4-7-12(13)16-15(17)14-9-6-11-18-14/h4-9,11H,2-3,10H2,1H3. The summed E-state index contributed by atoms with van der Waals surface area (Å²) < 4.78 is 7.73. The Morgan fingerprint density at radius 3 is 2.83 bits per heavy atom. The van der Waals surface area contributed by atoms with Crippen molar-refractivity contribution < 1.29 is 4.42 Å². The van der Waals surface area contributed by atoms with Gasteiger partial charge >= 0.3 is 0 Å². The fraction of sp³-hybridized carbons (Fsp3) is 0.267. The van der Waals surface area contributed by atoms with Crippen LogP contribution in [-0.4, -0.2) is 9.55 Å². The molecule has 0 aliphatic carbocycles. The maximum Gasteiger partial charge on any atom is 0.177 e. The Labute approximate surface area is 106 Å². The van der Waals surface area contributed by atoms with E-state index in [9.17, 15) is 0 Å². The SMILES string of the molecule is CCCCn1c(-c2ccco2)nc2ccccc21. The summed E-state index contributed by atoms with van der Waals surface area (Å²) in [4.78, 5) is 4.68. The molecule has 2 heterocycles. The quantitative estimate of drug-likeness (QED) is 0.687. The molecule has 0 saturated heterocycles. The molecule has 0 saturated carbocycles. The highest BCUT2D eigenvalue weighted by molar-refractivity contribution is 5.79. The van der Waals surface area contributed by atoms with E-state index in [0.29, 0.717) is 0 Å². The zero-order valence-electron chi connectivity index (χ0n) is 10.5. The highest BCUT2D eigenvalue weighted by Gasteiger charge is 2.13. The van der Waals surface area contributed by atoms with Gasteiger partial charge < -0.3 is 8.98 Å². The highest BCUT2D eigenvalue weighted by atomic mass is 16.3. The van der Waals surface area contributed by atoms with E-state index < -0.39 is 0 Å². The number of nitrogens with zero attached hydrogens (tertiary/aromatic N) is 2. The van der Waals surface area contributed by atoms with Crippen LogP contribution < -0.4 is 0 Å². The molecule has 1 aromatic carbocycles. The fourth-order valence-electron chi connectivity index (χ4n) is 2.21. The largest absolute Gasteiger partial charge is 0.461 e. The van der Waals surface area contributed by atoms with E-state index in [1.165, 1.54) is 11.9 Å². The average molecular weight is 240 g/mol. The second kappa shape index (κ2) is 4.69. The lowest BCUT2D eigenvalue weighted by molar-refractivity contribution is 0.565. The van der Waals surface area contributed by atoms with Crippen LogP contribution in [0.1, 0.15) is 19.8 Å². The maximum atomic E-state index is 5.49. The number of aromatic nitrogens is 2. The molecule has 92 valence electrons. The van der Waals surface area contributed by atoms with Crippen molar-refractivity contribution in [3.05, 3.63) is 42.7 Å². The van der Waals surface area contributed by atoms with Crippen molar-refractivity contribution >= 4 is 11.0 Å². The van der Waals surface area contributed by atoms with Gasteiger partial charge in [-0.15, -0.1) is 0 Å². The van der Waals surface area contributed by atoms with Crippen LogP contribution in [-0.2, 0) is 6.54 Å². The van der Waals surface area contributed by atoms with Crippen LogP contribution in [0.25, 0.3) is 22.6 Å². The van der Waals surface area contributed by atoms with Crippen LogP contribution in [0.2, 0.25) is 0 Å². The molecule has 0 bridgehead atoms. The Hall–Kier alpha value is -2.03. The molecule has 2 aromatic heterocycles. The lowest BCUT2D eigenvalue weighted by Crippen LogP contribution is -1.99. The van der Waals surface area contributed by atoms with Gasteiger partial charge in [0.15, 0.2) is 11.6 Å². The molecule has 0 aliphatic heterocycles. The number of aryl methyl sites for hydroxylation is 1. The zero-order valence-corrected chi connectivity index (χ0v) is 10.5. The normalized spacial score (nSPS) is 11.2. The van der Waals surface area contributed by atoms with E-state index in [2.05, 4.69) is 28.6 Å². The molecule has 3 nitrogen and oxygen atoms in total. The van der Waals surface area contributed by atoms with Gasteiger partial charge in [0.2, 0.25) is 0 Å². The molecular weight excluding hydrogens is 224 g/mol. The van der Waals surface area contributed by atoms with Crippen molar-refractivity contribution in [3.8, 4) is 11.6 Å². The molecule has 0 radical (unpaired) electrons. The van der Waals surface area contributed by atoms with Gasteiger partial charge in [-0.3, -0.25) is 0 Å². The first-order valence-electron chi connectivity index (χ1n) is 6.39. The van der Waals surface area contributed by atoms with E-state index in [-0.39, 0.29) is 0 Å². The first-order chi connectivity index (χ1) is 8.90. The highest BCUT2D eigenvalue weighted by Crippen LogP contribution is 2.25. The van der Waals surface area contributed by atoms with E-state index >= 15 is 0 Å². The maximum absolute atomic E-state index is 5.49. The van der Waals surface area contributed by atoms with Gasteiger partial charge in [0.1, 0.15) is 0 Å². The minimum absolute atomic E-state index is 0.835. The van der Waals surface area contributed by atoms with Crippen molar-refractivity contribution in [1.82, 2.24) is 9.55 Å². The molecule has 0 fully saturated rings. The van der Waals surface area contributed by atoms with Gasteiger partial charge in [-0.2, -0.15) is 0 Å². The summed E-state index contributed by atoms with van der Waals surface area (Å²) in [7, 11) is 0. The summed E-state index contributed by atoms with van der Waals surface area (Å²) in [6.07, 6.45) is 4.01. The molecular formula is C15H16N2O. The van der Waals surface area contributed by atoms with E-state index in [1.54, 1.807) is 6.26 Å². The second-order valence-corrected chi connectivity index (χ2v) is 4.41. The summed E-state index contributed by atoms with van der Waals surface area (Å²) in [5.41, 5.74) is 2.21. The van der Waals surface area contributed by atoms with Crippen LogP contribution in [0.15, 0.2) is 47.1 Å². The Morgan fingerprint density at radius 1 is 1.17 bits per heavy atom. The predicted octanol–water partition coefficient (Wildman–Crippen LogP) is 4.10. The van der Waals surface area contributed by atoms with Crippen LogP contribution in [0.3, 0.4) is 0 Å². The van der Waals surface area contributed by atoms with Crippen molar-refractivity contribution in [1.29, 1.82) is 0 Å². The molecule has 18 heavy (non-hydrogen) atoms. The number of fused-ring (bicyclic) bond motifs is 1. The molecule has 0 spiro atoms. The summed E-state index contributed by atoms with van der Waals surface area (Å²) in [5, 5.41) is 0. The summed E-state index contributed by atoms with van der Waals surface area (Å²) in [6.45, 7) is 3.18. The minimum Gasteiger partial charge on any atom is -0.461 e. The second-order valence-electron chi connectivity index (χ2n) is 4.41. The van der Waals surface area contributed by atoms with Gasteiger partial charge in [-0.1, -0.05) is 25.5 Å². The van der Waals surface area contributed by atoms with E-state index in [0.717, 1.165) is 30.1 Å². The van der Waals surface area contributed by atoms with Crippen LogP contribution in [0.5, 0.6) is 0 Å². The molecule has 0 unspecified atom stereocenters. The van der Waals surface area contributed by atoms with Gasteiger partial charge in [0.25, 0.3) is 0 Å². The summed E-state index contributed by atoms with van der Waals surface area (Å²) in [6, 6.07) is 12.1. The number of benzene rings is 1. The predicted molar refractivity (Wildman–Crippen MR) is 72.3 cm³/mol. The van der Waals surface area contributed by atoms with Crippen molar-refractivity contribution in [2.24, 2.45) is 0 Å². The van der Waals surface area contributed by atoms with E-state index in [1.807, 2.05) is 24.3 Å². The molecule has 0 amide bonds. The number of unbranched alkanes of at least 4 members (excludes halogenated alkanes) is 1. The summed E-state index contributed by atoms with van der Waals surface area (Å²) in [5.74, 6) is 1.76. The topological polar surface area (TPSA) is 31.0 Å². The van der Waals surface area contributed by atoms with Crippen LogP contribution in [0, 0.1) is 0 Å². The summed E-state index contributed by atoms with van der Waals surface area (Å²) >= 11 is 0. The van der Waals surface area contributed by atoms with Gasteiger partial charge in [-0.05, 0) is 30.7 Å². The monoisotopic (exact) mass is 240 g/mol. The lowest BCUT2D eigenvalue weighted by atomic mass is 10.3. The van der Waals surface area contributed by atoms with Crippen molar-refractivity contribution in [2.75, 3.05) is 0 Å². The Kier molecular flexibility index (Phi) is 2.89. The third-order valence-corrected chi connectivity index (χ3v) is 3.13. The van der Waals surface area contributed by atoms with Gasteiger partial charge in [0, 0.05) is 6.54 Å². The molecule has 0 aliphatic rings. The fourth-order valence-corrected chi connectivity index (χ4v) is 2.21. The number of rotatable bonds is 4. The van der Waals surface area contributed by atoms with Gasteiger partial charge in [-0.25, -0.2) is 4.98 Å². The van der Waals surface area contributed by atoms with Crippen molar-refractivity contribution in [3.63, 3.8) is 0 Å². The molecule has 3 aromatic rings. The molecule has 3 rings (SSSR count). The third-order valence-electron chi connectivity index (χ3n) is 3.13. The Balaban J connectivity index is 2.17. The minimum atomic E-state index is 0.835. The number of hydrogen-bond donors (Lipinski definition) is 0. The number of hydrogen-bond acceptors (Lipinski definition) is 2. The van der Waals surface area contributed by atoms with E-state index in [4.69, 9.17) is 4.42 Å². The van der Waals surface area contributed by atoms with Crippen LogP contribution in [0.4, 0.5) is 0 Å². The van der Waals surface area contributed by atoms with Gasteiger partial charge in [0.05, 0.1) is 17.3 Å². The van der Waals surface area contributed by atoms with Crippen molar-refractivity contribution in [2.45, 2.75) is 26.3 Å². The number of furan rings is 1. The third kappa shape index (κ3) is 1.82. The average Bonchev–Trinajstić information content (AvgIpc) is 3.03. The smallest absolute Gasteiger partial charge is 0.177 e. The first-order valence-corrected chi connectivity index (χ1v) is 6.39. The molecule has 3 heteroatoms. The number of para-hydroxylation sites is 2. The Bertz CT molecular complexity index is 638. The zero-order chi connectivity index (χ0) is 12.4.